The standard InChI is InChI=1S/C20H31N/c1-4-12-21-19(18-10-7-11-20(18,2)3)14-16-13-15-8-5-6-9-17(15)16/h5-6,8-9,16,18-19,21H,4,7,10-14H2,1-3H3. The lowest BCUT2D eigenvalue weighted by atomic mass is 9.69. The molecule has 1 aromatic rings. The normalized spacial score (nSPS) is 28.0. The molecule has 1 N–H and O–H groups in total. The molecule has 0 bridgehead atoms. The van der Waals surface area contributed by atoms with Gasteiger partial charge in [0.15, 0.2) is 0 Å². The van der Waals surface area contributed by atoms with Crippen LogP contribution >= 0.6 is 0 Å². The van der Waals surface area contributed by atoms with E-state index in [9.17, 15) is 0 Å². The first-order valence-electron chi connectivity index (χ1n) is 8.93. The molecule has 0 saturated heterocycles. The van der Waals surface area contributed by atoms with Gasteiger partial charge in [0.1, 0.15) is 0 Å². The number of nitrogens with one attached hydrogen (secondary N) is 1. The largest absolute Gasteiger partial charge is 0.314 e. The van der Waals surface area contributed by atoms with Gasteiger partial charge in [0.25, 0.3) is 0 Å². The number of benzene rings is 1. The fourth-order valence-electron chi connectivity index (χ4n) is 4.70. The quantitative estimate of drug-likeness (QED) is 0.783. The predicted octanol–water partition coefficient (Wildman–Crippen LogP) is 4.91. The summed E-state index contributed by atoms with van der Waals surface area (Å²) < 4.78 is 0. The van der Waals surface area contributed by atoms with Crippen LogP contribution in [0.2, 0.25) is 0 Å². The minimum absolute atomic E-state index is 0.522. The molecular formula is C20H31N. The van der Waals surface area contributed by atoms with Crippen molar-refractivity contribution in [3.63, 3.8) is 0 Å². The maximum atomic E-state index is 3.90. The van der Waals surface area contributed by atoms with Crippen molar-refractivity contribution >= 4 is 0 Å². The summed E-state index contributed by atoms with van der Waals surface area (Å²) in [6, 6.07) is 9.75. The number of rotatable bonds is 6. The molecule has 116 valence electrons. The molecule has 21 heavy (non-hydrogen) atoms. The molecule has 0 aromatic heterocycles. The second-order valence-electron chi connectivity index (χ2n) is 7.88. The van der Waals surface area contributed by atoms with E-state index in [0.717, 1.165) is 11.8 Å². The van der Waals surface area contributed by atoms with Crippen LogP contribution < -0.4 is 5.32 Å². The van der Waals surface area contributed by atoms with Crippen molar-refractivity contribution in [2.45, 2.75) is 71.3 Å². The Morgan fingerprint density at radius 3 is 2.76 bits per heavy atom. The average Bonchev–Trinajstić information content (AvgIpc) is 2.79. The monoisotopic (exact) mass is 285 g/mol. The highest BCUT2D eigenvalue weighted by atomic mass is 14.9. The van der Waals surface area contributed by atoms with E-state index >= 15 is 0 Å². The maximum absolute atomic E-state index is 3.90. The van der Waals surface area contributed by atoms with E-state index in [4.69, 9.17) is 0 Å². The molecule has 1 saturated carbocycles. The molecule has 0 heterocycles. The van der Waals surface area contributed by atoms with Gasteiger partial charge < -0.3 is 5.32 Å². The topological polar surface area (TPSA) is 12.0 Å². The van der Waals surface area contributed by atoms with Crippen LogP contribution in [0.1, 0.15) is 69.9 Å². The molecule has 0 radical (unpaired) electrons. The van der Waals surface area contributed by atoms with E-state index in [2.05, 4.69) is 50.4 Å². The van der Waals surface area contributed by atoms with Crippen LogP contribution in [0.15, 0.2) is 24.3 Å². The summed E-state index contributed by atoms with van der Waals surface area (Å²) in [5.41, 5.74) is 3.73. The van der Waals surface area contributed by atoms with Crippen molar-refractivity contribution in [1.29, 1.82) is 0 Å². The molecule has 1 heteroatoms. The first-order valence-corrected chi connectivity index (χ1v) is 8.93. The molecule has 3 rings (SSSR count). The van der Waals surface area contributed by atoms with Crippen LogP contribution in [0.5, 0.6) is 0 Å². The molecule has 1 nitrogen and oxygen atoms in total. The third-order valence-electron chi connectivity index (χ3n) is 5.98. The second-order valence-corrected chi connectivity index (χ2v) is 7.88. The first kappa shape index (κ1) is 15.1. The Balaban J connectivity index is 1.69. The molecule has 3 unspecified atom stereocenters. The van der Waals surface area contributed by atoms with Crippen molar-refractivity contribution in [1.82, 2.24) is 5.32 Å². The highest BCUT2D eigenvalue weighted by Crippen LogP contribution is 2.47. The summed E-state index contributed by atoms with van der Waals surface area (Å²) in [6.45, 7) is 8.42. The fourth-order valence-corrected chi connectivity index (χ4v) is 4.70. The Morgan fingerprint density at radius 2 is 2.10 bits per heavy atom. The first-order chi connectivity index (χ1) is 10.1. The third-order valence-corrected chi connectivity index (χ3v) is 5.98. The molecule has 2 aliphatic rings. The zero-order valence-corrected chi connectivity index (χ0v) is 14.0. The number of hydrogen-bond donors (Lipinski definition) is 1. The Labute approximate surface area is 130 Å². The number of hydrogen-bond acceptors (Lipinski definition) is 1. The Hall–Kier alpha value is -0.820. The minimum Gasteiger partial charge on any atom is -0.314 e. The van der Waals surface area contributed by atoms with Crippen molar-refractivity contribution < 1.29 is 0 Å². The van der Waals surface area contributed by atoms with E-state index in [1.807, 2.05) is 0 Å². The van der Waals surface area contributed by atoms with Gasteiger partial charge in [0, 0.05) is 6.04 Å². The third kappa shape index (κ3) is 3.04. The van der Waals surface area contributed by atoms with Gasteiger partial charge in [0.2, 0.25) is 0 Å². The van der Waals surface area contributed by atoms with Crippen molar-refractivity contribution in [3.05, 3.63) is 35.4 Å². The fraction of sp³-hybridized carbons (Fsp3) is 0.700. The Kier molecular flexibility index (Phi) is 4.40. The van der Waals surface area contributed by atoms with Gasteiger partial charge in [-0.2, -0.15) is 0 Å². The summed E-state index contributed by atoms with van der Waals surface area (Å²) in [4.78, 5) is 0. The van der Waals surface area contributed by atoms with Gasteiger partial charge in [-0.25, -0.2) is 0 Å². The van der Waals surface area contributed by atoms with E-state index in [0.29, 0.717) is 11.5 Å². The maximum Gasteiger partial charge on any atom is 0.0106 e. The summed E-state index contributed by atoms with van der Waals surface area (Å²) in [6.07, 6.45) is 8.12. The van der Waals surface area contributed by atoms with Crippen LogP contribution in [0, 0.1) is 11.3 Å². The molecule has 0 spiro atoms. The van der Waals surface area contributed by atoms with Crippen LogP contribution in [-0.2, 0) is 6.42 Å². The van der Waals surface area contributed by atoms with Crippen LogP contribution in [0.3, 0.4) is 0 Å². The summed E-state index contributed by atoms with van der Waals surface area (Å²) in [5.74, 6) is 1.66. The minimum atomic E-state index is 0.522. The average molecular weight is 285 g/mol. The molecular weight excluding hydrogens is 254 g/mol. The lowest BCUT2D eigenvalue weighted by Crippen LogP contribution is -2.43. The van der Waals surface area contributed by atoms with Gasteiger partial charge in [-0.15, -0.1) is 0 Å². The van der Waals surface area contributed by atoms with Crippen molar-refractivity contribution in [2.24, 2.45) is 11.3 Å². The van der Waals surface area contributed by atoms with Crippen LogP contribution in [-0.4, -0.2) is 12.6 Å². The van der Waals surface area contributed by atoms with Gasteiger partial charge in [-0.05, 0) is 67.0 Å². The lowest BCUT2D eigenvalue weighted by molar-refractivity contribution is 0.181. The highest BCUT2D eigenvalue weighted by Gasteiger charge is 2.41. The molecule has 3 atom stereocenters. The summed E-state index contributed by atoms with van der Waals surface area (Å²) in [5, 5.41) is 3.90. The molecule has 2 aliphatic carbocycles. The van der Waals surface area contributed by atoms with Crippen molar-refractivity contribution in [2.75, 3.05) is 6.54 Å². The molecule has 1 fully saturated rings. The van der Waals surface area contributed by atoms with E-state index in [1.165, 1.54) is 45.1 Å². The van der Waals surface area contributed by atoms with Gasteiger partial charge in [0.05, 0.1) is 0 Å². The second kappa shape index (κ2) is 6.12. The molecule has 0 aliphatic heterocycles. The summed E-state index contributed by atoms with van der Waals surface area (Å²) >= 11 is 0. The molecule has 0 amide bonds. The predicted molar refractivity (Wildman–Crippen MR) is 90.7 cm³/mol. The lowest BCUT2D eigenvalue weighted by Gasteiger charge is -2.39. The molecule has 1 aromatic carbocycles. The number of fused-ring (bicyclic) bond motifs is 1. The highest BCUT2D eigenvalue weighted by molar-refractivity contribution is 5.40. The Morgan fingerprint density at radius 1 is 1.29 bits per heavy atom. The van der Waals surface area contributed by atoms with Gasteiger partial charge in [-0.1, -0.05) is 51.5 Å². The summed E-state index contributed by atoms with van der Waals surface area (Å²) in [7, 11) is 0. The zero-order valence-electron chi connectivity index (χ0n) is 14.0. The van der Waals surface area contributed by atoms with Crippen LogP contribution in [0.4, 0.5) is 0 Å². The van der Waals surface area contributed by atoms with E-state index in [1.54, 1.807) is 11.1 Å². The van der Waals surface area contributed by atoms with E-state index < -0.39 is 0 Å². The van der Waals surface area contributed by atoms with Crippen molar-refractivity contribution in [3.8, 4) is 0 Å². The van der Waals surface area contributed by atoms with Crippen LogP contribution in [0.25, 0.3) is 0 Å². The van der Waals surface area contributed by atoms with E-state index in [-0.39, 0.29) is 0 Å². The van der Waals surface area contributed by atoms with Gasteiger partial charge in [-0.3, -0.25) is 0 Å². The smallest absolute Gasteiger partial charge is 0.0106 e. The van der Waals surface area contributed by atoms with Gasteiger partial charge >= 0.3 is 0 Å². The SMILES string of the molecule is CCCNC(CC1Cc2ccccc21)C1CCCC1(C)C. The Bertz CT molecular complexity index is 476. The zero-order chi connectivity index (χ0) is 14.9.